The van der Waals surface area contributed by atoms with Gasteiger partial charge in [0.1, 0.15) is 0 Å². The summed E-state index contributed by atoms with van der Waals surface area (Å²) >= 11 is 12.6. The number of hydrogen-bond acceptors (Lipinski definition) is 0. The highest BCUT2D eigenvalue weighted by atomic mass is 35.5. The Labute approximate surface area is 214 Å². The van der Waals surface area contributed by atoms with Gasteiger partial charge in [-0.3, -0.25) is 0 Å². The van der Waals surface area contributed by atoms with Gasteiger partial charge in [-0.2, -0.15) is 0 Å². The van der Waals surface area contributed by atoms with Crippen LogP contribution in [-0.2, 0) is 0 Å². The molecule has 5 aromatic carbocycles. The van der Waals surface area contributed by atoms with E-state index in [4.69, 9.17) is 23.2 Å². The van der Waals surface area contributed by atoms with E-state index in [9.17, 15) is 0 Å². The minimum atomic E-state index is 0.619. The standard InChI is InChI=1S/C32H21Cl2N/c33-27-15-26(16-28(34)19-27)31-20-30-29(24-9-5-2-6-10-24)17-25(18-32(30)35-31)23-13-11-22(12-14-23)21-7-3-1-4-8-21/h1-20,35H. The molecule has 168 valence electrons. The Morgan fingerprint density at radius 1 is 0.429 bits per heavy atom. The molecule has 0 amide bonds. The first-order valence-electron chi connectivity index (χ1n) is 11.5. The van der Waals surface area contributed by atoms with Crippen LogP contribution in [-0.4, -0.2) is 4.98 Å². The van der Waals surface area contributed by atoms with Crippen LogP contribution in [0.1, 0.15) is 0 Å². The third kappa shape index (κ3) is 4.37. The van der Waals surface area contributed by atoms with E-state index in [0.717, 1.165) is 27.7 Å². The third-order valence-corrected chi connectivity index (χ3v) is 6.76. The topological polar surface area (TPSA) is 15.8 Å². The van der Waals surface area contributed by atoms with Gasteiger partial charge < -0.3 is 4.98 Å². The van der Waals surface area contributed by atoms with Crippen molar-refractivity contribution in [3.63, 3.8) is 0 Å². The second-order valence-corrected chi connectivity index (χ2v) is 9.51. The number of benzene rings is 5. The molecule has 0 aliphatic rings. The first kappa shape index (κ1) is 21.7. The lowest BCUT2D eigenvalue weighted by molar-refractivity contribution is 1.45. The quantitative estimate of drug-likeness (QED) is 0.253. The summed E-state index contributed by atoms with van der Waals surface area (Å²) in [6.07, 6.45) is 0. The molecule has 0 aliphatic heterocycles. The molecule has 0 radical (unpaired) electrons. The van der Waals surface area contributed by atoms with Gasteiger partial charge in [0.05, 0.1) is 0 Å². The van der Waals surface area contributed by atoms with Gasteiger partial charge in [0, 0.05) is 32.2 Å². The molecule has 6 rings (SSSR count). The van der Waals surface area contributed by atoms with E-state index in [0.29, 0.717) is 10.0 Å². The van der Waals surface area contributed by atoms with E-state index in [2.05, 4.69) is 96.0 Å². The van der Waals surface area contributed by atoms with Crippen molar-refractivity contribution in [1.82, 2.24) is 4.98 Å². The Morgan fingerprint density at radius 2 is 0.971 bits per heavy atom. The van der Waals surface area contributed by atoms with Gasteiger partial charge in [0.15, 0.2) is 0 Å². The second-order valence-electron chi connectivity index (χ2n) is 8.64. The van der Waals surface area contributed by atoms with Crippen molar-refractivity contribution in [3.05, 3.63) is 131 Å². The van der Waals surface area contributed by atoms with Crippen molar-refractivity contribution < 1.29 is 0 Å². The molecule has 6 aromatic rings. The SMILES string of the molecule is Clc1cc(Cl)cc(-c2cc3c(-c4ccccc4)cc(-c4ccc(-c5ccccc5)cc4)cc3[nH]2)c1. The van der Waals surface area contributed by atoms with E-state index in [1.807, 2.05) is 24.3 Å². The average molecular weight is 490 g/mol. The van der Waals surface area contributed by atoms with E-state index < -0.39 is 0 Å². The van der Waals surface area contributed by atoms with E-state index in [1.165, 1.54) is 27.8 Å². The summed E-state index contributed by atoms with van der Waals surface area (Å²) < 4.78 is 0. The van der Waals surface area contributed by atoms with Crippen LogP contribution in [0.4, 0.5) is 0 Å². The summed E-state index contributed by atoms with van der Waals surface area (Å²) in [6.45, 7) is 0. The number of aromatic nitrogens is 1. The van der Waals surface area contributed by atoms with Crippen LogP contribution < -0.4 is 0 Å². The van der Waals surface area contributed by atoms with Crippen LogP contribution in [0.3, 0.4) is 0 Å². The molecule has 0 saturated carbocycles. The predicted molar refractivity (Wildman–Crippen MR) is 150 cm³/mol. The van der Waals surface area contributed by atoms with Crippen molar-refractivity contribution in [3.8, 4) is 44.6 Å². The smallest absolute Gasteiger partial charge is 0.0471 e. The van der Waals surface area contributed by atoms with E-state index in [1.54, 1.807) is 6.07 Å². The molecule has 1 aromatic heterocycles. The lowest BCUT2D eigenvalue weighted by Gasteiger charge is -2.10. The Balaban J connectivity index is 1.50. The van der Waals surface area contributed by atoms with Gasteiger partial charge in [-0.25, -0.2) is 0 Å². The lowest BCUT2D eigenvalue weighted by Crippen LogP contribution is -1.85. The zero-order valence-corrected chi connectivity index (χ0v) is 20.3. The Hall–Kier alpha value is -3.78. The summed E-state index contributed by atoms with van der Waals surface area (Å²) in [6, 6.07) is 42.0. The predicted octanol–water partition coefficient (Wildman–Crippen LogP) is 10.1. The molecule has 1 heterocycles. The molecule has 3 heteroatoms. The molecule has 0 aliphatic carbocycles. The summed E-state index contributed by atoms with van der Waals surface area (Å²) in [5.41, 5.74) is 10.1. The van der Waals surface area contributed by atoms with Gasteiger partial charge in [-0.15, -0.1) is 0 Å². The highest BCUT2D eigenvalue weighted by molar-refractivity contribution is 6.35. The number of hydrogen-bond donors (Lipinski definition) is 1. The maximum absolute atomic E-state index is 6.29. The number of halogens is 2. The van der Waals surface area contributed by atoms with Crippen LogP contribution in [0.25, 0.3) is 55.5 Å². The van der Waals surface area contributed by atoms with Gasteiger partial charge in [-0.1, -0.05) is 108 Å². The molecule has 1 nitrogen and oxygen atoms in total. The van der Waals surface area contributed by atoms with E-state index in [-0.39, 0.29) is 0 Å². The lowest BCUT2D eigenvalue weighted by atomic mass is 9.94. The summed E-state index contributed by atoms with van der Waals surface area (Å²) in [4.78, 5) is 3.61. The summed E-state index contributed by atoms with van der Waals surface area (Å²) in [5, 5.41) is 2.40. The Bertz CT molecular complexity index is 1610. The zero-order valence-electron chi connectivity index (χ0n) is 18.8. The number of H-pyrrole nitrogens is 1. The second kappa shape index (κ2) is 9.11. The fraction of sp³-hybridized carbons (Fsp3) is 0. The monoisotopic (exact) mass is 489 g/mol. The molecule has 0 spiro atoms. The normalized spacial score (nSPS) is 11.1. The number of fused-ring (bicyclic) bond motifs is 1. The van der Waals surface area contributed by atoms with Crippen LogP contribution in [0.15, 0.2) is 121 Å². The molecular formula is C32H21Cl2N. The van der Waals surface area contributed by atoms with Gasteiger partial charge in [-0.05, 0) is 69.8 Å². The van der Waals surface area contributed by atoms with Crippen molar-refractivity contribution in [2.75, 3.05) is 0 Å². The number of aromatic amines is 1. The zero-order chi connectivity index (χ0) is 23.8. The van der Waals surface area contributed by atoms with Crippen molar-refractivity contribution >= 4 is 34.1 Å². The van der Waals surface area contributed by atoms with Crippen molar-refractivity contribution in [1.29, 1.82) is 0 Å². The molecule has 0 unspecified atom stereocenters. The van der Waals surface area contributed by atoms with Gasteiger partial charge >= 0.3 is 0 Å². The minimum absolute atomic E-state index is 0.619. The molecular weight excluding hydrogens is 469 g/mol. The highest BCUT2D eigenvalue weighted by Gasteiger charge is 2.13. The molecule has 0 atom stereocenters. The van der Waals surface area contributed by atoms with Crippen molar-refractivity contribution in [2.24, 2.45) is 0 Å². The van der Waals surface area contributed by atoms with Crippen LogP contribution in [0.2, 0.25) is 10.0 Å². The largest absolute Gasteiger partial charge is 0.354 e. The summed E-state index contributed by atoms with van der Waals surface area (Å²) in [5.74, 6) is 0. The molecule has 1 N–H and O–H groups in total. The average Bonchev–Trinajstić information content (AvgIpc) is 3.33. The van der Waals surface area contributed by atoms with Crippen LogP contribution in [0, 0.1) is 0 Å². The number of nitrogens with one attached hydrogen (secondary N) is 1. The maximum Gasteiger partial charge on any atom is 0.0471 e. The first-order valence-corrected chi connectivity index (χ1v) is 12.2. The third-order valence-electron chi connectivity index (χ3n) is 6.32. The van der Waals surface area contributed by atoms with Crippen LogP contribution in [0.5, 0.6) is 0 Å². The van der Waals surface area contributed by atoms with Gasteiger partial charge in [0.25, 0.3) is 0 Å². The molecule has 35 heavy (non-hydrogen) atoms. The van der Waals surface area contributed by atoms with Crippen molar-refractivity contribution in [2.45, 2.75) is 0 Å². The Kier molecular flexibility index (Phi) is 5.66. The minimum Gasteiger partial charge on any atom is -0.354 e. The fourth-order valence-electron chi connectivity index (χ4n) is 4.61. The molecule has 0 saturated heterocycles. The van der Waals surface area contributed by atoms with Gasteiger partial charge in [0.2, 0.25) is 0 Å². The first-order chi connectivity index (χ1) is 17.1. The maximum atomic E-state index is 6.29. The number of rotatable bonds is 4. The van der Waals surface area contributed by atoms with Crippen LogP contribution >= 0.6 is 23.2 Å². The Morgan fingerprint density at radius 3 is 1.60 bits per heavy atom. The molecule has 0 bridgehead atoms. The summed E-state index contributed by atoms with van der Waals surface area (Å²) in [7, 11) is 0. The van der Waals surface area contributed by atoms with E-state index >= 15 is 0 Å². The highest BCUT2D eigenvalue weighted by Crippen LogP contribution is 2.38. The fourth-order valence-corrected chi connectivity index (χ4v) is 5.14. The molecule has 0 fully saturated rings.